The Morgan fingerprint density at radius 3 is 3.00 bits per heavy atom. The zero-order valence-corrected chi connectivity index (χ0v) is 10.9. The Kier molecular flexibility index (Phi) is 4.65. The molecule has 0 spiro atoms. The summed E-state index contributed by atoms with van der Waals surface area (Å²) < 4.78 is 14.8. The summed E-state index contributed by atoms with van der Waals surface area (Å²) in [6.07, 6.45) is 3.07. The molecule has 0 fully saturated rings. The normalized spacial score (nSPS) is 12.6. The predicted molar refractivity (Wildman–Crippen MR) is 71.2 cm³/mol. The van der Waals surface area contributed by atoms with Gasteiger partial charge in [-0.3, -0.25) is 4.68 Å². The number of hydrogen-bond acceptors (Lipinski definition) is 3. The number of benzene rings is 1. The zero-order chi connectivity index (χ0) is 13.7. The molecule has 0 aliphatic heterocycles. The second-order valence-electron chi connectivity index (χ2n) is 4.56. The van der Waals surface area contributed by atoms with E-state index in [0.717, 1.165) is 12.1 Å². The van der Waals surface area contributed by atoms with Crippen molar-refractivity contribution < 1.29 is 9.50 Å². The molecular weight excluding hydrogens is 245 g/mol. The Labute approximate surface area is 111 Å². The van der Waals surface area contributed by atoms with Gasteiger partial charge in [-0.2, -0.15) is 5.10 Å². The summed E-state index contributed by atoms with van der Waals surface area (Å²) >= 11 is 0. The summed E-state index contributed by atoms with van der Waals surface area (Å²) in [7, 11) is 0. The van der Waals surface area contributed by atoms with Crippen LogP contribution in [0.5, 0.6) is 0 Å². The van der Waals surface area contributed by atoms with Gasteiger partial charge in [-0.1, -0.05) is 12.1 Å². The van der Waals surface area contributed by atoms with E-state index in [1.807, 2.05) is 24.0 Å². The van der Waals surface area contributed by atoms with Gasteiger partial charge in [-0.05, 0) is 30.2 Å². The van der Waals surface area contributed by atoms with Crippen molar-refractivity contribution in [2.75, 3.05) is 13.1 Å². The van der Waals surface area contributed by atoms with E-state index in [2.05, 4.69) is 10.4 Å². The third-order valence-corrected chi connectivity index (χ3v) is 2.85. The van der Waals surface area contributed by atoms with E-state index in [1.165, 1.54) is 12.1 Å². The third-order valence-electron chi connectivity index (χ3n) is 2.85. The van der Waals surface area contributed by atoms with Crippen molar-refractivity contribution in [2.24, 2.45) is 0 Å². The van der Waals surface area contributed by atoms with Crippen molar-refractivity contribution in [1.82, 2.24) is 15.1 Å². The van der Waals surface area contributed by atoms with Crippen molar-refractivity contribution in [3.8, 4) is 0 Å². The number of nitrogens with zero attached hydrogens (tertiary/aromatic N) is 2. The highest BCUT2D eigenvalue weighted by Crippen LogP contribution is 2.12. The number of halogens is 1. The topological polar surface area (TPSA) is 50.1 Å². The summed E-state index contributed by atoms with van der Waals surface area (Å²) in [5, 5.41) is 17.2. The van der Waals surface area contributed by atoms with Gasteiger partial charge in [0.25, 0.3) is 0 Å². The number of aryl methyl sites for hydroxylation is 1. The molecule has 19 heavy (non-hydrogen) atoms. The molecule has 1 heterocycles. The smallest absolute Gasteiger partial charge is 0.123 e. The molecule has 1 unspecified atom stereocenters. The lowest BCUT2D eigenvalue weighted by atomic mass is 10.1. The van der Waals surface area contributed by atoms with Gasteiger partial charge < -0.3 is 10.4 Å². The van der Waals surface area contributed by atoms with Gasteiger partial charge in [0, 0.05) is 19.3 Å². The van der Waals surface area contributed by atoms with Crippen LogP contribution in [0.1, 0.15) is 17.2 Å². The molecule has 2 N–H and O–H groups in total. The van der Waals surface area contributed by atoms with Crippen molar-refractivity contribution in [1.29, 1.82) is 0 Å². The predicted octanol–water partition coefficient (Wildman–Crippen LogP) is 1.65. The molecular formula is C14H18FN3O. The van der Waals surface area contributed by atoms with Gasteiger partial charge in [-0.25, -0.2) is 4.39 Å². The number of hydrogen-bond donors (Lipinski definition) is 2. The fraction of sp³-hybridized carbons (Fsp3) is 0.357. The molecule has 0 aliphatic carbocycles. The van der Waals surface area contributed by atoms with Gasteiger partial charge in [0.05, 0.1) is 18.8 Å². The van der Waals surface area contributed by atoms with Gasteiger partial charge in [0.15, 0.2) is 0 Å². The Morgan fingerprint density at radius 1 is 1.47 bits per heavy atom. The average Bonchev–Trinajstić information content (AvgIpc) is 2.80. The Hall–Kier alpha value is -1.72. The highest BCUT2D eigenvalue weighted by molar-refractivity contribution is 5.18. The van der Waals surface area contributed by atoms with Crippen LogP contribution >= 0.6 is 0 Å². The van der Waals surface area contributed by atoms with E-state index in [-0.39, 0.29) is 5.82 Å². The monoisotopic (exact) mass is 263 g/mol. The average molecular weight is 263 g/mol. The van der Waals surface area contributed by atoms with Crippen LogP contribution in [0.4, 0.5) is 4.39 Å². The minimum Gasteiger partial charge on any atom is -0.387 e. The molecule has 0 saturated carbocycles. The molecule has 0 radical (unpaired) electrons. The van der Waals surface area contributed by atoms with E-state index < -0.39 is 6.10 Å². The van der Waals surface area contributed by atoms with Gasteiger partial charge in [0.2, 0.25) is 0 Å². The maximum Gasteiger partial charge on any atom is 0.123 e. The Balaban J connectivity index is 1.73. The molecule has 0 saturated heterocycles. The minimum absolute atomic E-state index is 0.330. The lowest BCUT2D eigenvalue weighted by Gasteiger charge is -2.12. The summed E-state index contributed by atoms with van der Waals surface area (Å²) in [4.78, 5) is 0. The largest absolute Gasteiger partial charge is 0.387 e. The van der Waals surface area contributed by atoms with Crippen molar-refractivity contribution in [2.45, 2.75) is 19.6 Å². The fourth-order valence-electron chi connectivity index (χ4n) is 1.85. The third kappa shape index (κ3) is 4.15. The van der Waals surface area contributed by atoms with Crippen molar-refractivity contribution >= 4 is 0 Å². The van der Waals surface area contributed by atoms with E-state index >= 15 is 0 Å². The molecule has 1 aromatic heterocycles. The number of aliphatic hydroxyl groups is 1. The van der Waals surface area contributed by atoms with E-state index in [0.29, 0.717) is 18.7 Å². The summed E-state index contributed by atoms with van der Waals surface area (Å²) in [6.45, 7) is 3.82. The highest BCUT2D eigenvalue weighted by atomic mass is 19.1. The number of nitrogens with one attached hydrogen (secondary N) is 1. The standard InChI is InChI=1S/C14H18FN3O/c1-11-8-17-18(10-11)6-5-16-9-14(19)12-3-2-4-13(15)7-12/h2-4,7-8,10,14,16,19H,5-6,9H2,1H3. The molecule has 102 valence electrons. The summed E-state index contributed by atoms with van der Waals surface area (Å²) in [5.41, 5.74) is 1.71. The lowest BCUT2D eigenvalue weighted by Crippen LogP contribution is -2.25. The van der Waals surface area contributed by atoms with Gasteiger partial charge >= 0.3 is 0 Å². The molecule has 2 rings (SSSR count). The SMILES string of the molecule is Cc1cnn(CCNCC(O)c2cccc(F)c2)c1. The van der Waals surface area contributed by atoms with Gasteiger partial charge in [-0.15, -0.1) is 0 Å². The van der Waals surface area contributed by atoms with Crippen LogP contribution < -0.4 is 5.32 Å². The molecule has 0 amide bonds. The Bertz CT molecular complexity index is 527. The lowest BCUT2D eigenvalue weighted by molar-refractivity contribution is 0.174. The first-order chi connectivity index (χ1) is 9.15. The van der Waals surface area contributed by atoms with Crippen LogP contribution in [0.2, 0.25) is 0 Å². The summed E-state index contributed by atoms with van der Waals surface area (Å²) in [5.74, 6) is -0.330. The molecule has 0 bridgehead atoms. The molecule has 1 aromatic carbocycles. The van der Waals surface area contributed by atoms with E-state index in [1.54, 1.807) is 12.1 Å². The molecule has 0 aliphatic rings. The van der Waals surface area contributed by atoms with Crippen LogP contribution in [0.3, 0.4) is 0 Å². The maximum absolute atomic E-state index is 13.0. The van der Waals surface area contributed by atoms with Gasteiger partial charge in [0.1, 0.15) is 5.82 Å². The Morgan fingerprint density at radius 2 is 2.32 bits per heavy atom. The molecule has 4 nitrogen and oxygen atoms in total. The minimum atomic E-state index is -0.699. The number of rotatable bonds is 6. The number of aromatic nitrogens is 2. The first kappa shape index (κ1) is 13.7. The van der Waals surface area contributed by atoms with Crippen LogP contribution in [-0.2, 0) is 6.54 Å². The van der Waals surface area contributed by atoms with Crippen LogP contribution in [0.25, 0.3) is 0 Å². The van der Waals surface area contributed by atoms with Crippen LogP contribution in [0.15, 0.2) is 36.7 Å². The van der Waals surface area contributed by atoms with E-state index in [9.17, 15) is 9.50 Å². The van der Waals surface area contributed by atoms with Crippen molar-refractivity contribution in [3.63, 3.8) is 0 Å². The van der Waals surface area contributed by atoms with E-state index in [4.69, 9.17) is 0 Å². The molecule has 2 aromatic rings. The van der Waals surface area contributed by atoms with Crippen molar-refractivity contribution in [3.05, 3.63) is 53.6 Å². The molecule has 5 heteroatoms. The maximum atomic E-state index is 13.0. The quantitative estimate of drug-likeness (QED) is 0.779. The zero-order valence-electron chi connectivity index (χ0n) is 10.9. The second kappa shape index (κ2) is 6.45. The first-order valence-corrected chi connectivity index (χ1v) is 6.28. The highest BCUT2D eigenvalue weighted by Gasteiger charge is 2.07. The summed E-state index contributed by atoms with van der Waals surface area (Å²) in [6, 6.07) is 6.03. The number of aliphatic hydroxyl groups excluding tert-OH is 1. The molecule has 1 atom stereocenters. The van der Waals surface area contributed by atoms with Crippen LogP contribution in [-0.4, -0.2) is 28.0 Å². The first-order valence-electron chi connectivity index (χ1n) is 6.28. The van der Waals surface area contributed by atoms with Crippen LogP contribution in [0, 0.1) is 12.7 Å². The fourth-order valence-corrected chi connectivity index (χ4v) is 1.85. The second-order valence-corrected chi connectivity index (χ2v) is 4.56.